The standard InChI is InChI=1S/C21H24N4O5S/c1-15-3-2-4-19(22-15)23-21(27)16-13-20(26)25(14-16)17-5-7-18(8-6-17)31(28,29)24-9-11-30-12-10-24/h2-8,16H,9-14H2,1H3,(H,22,23,27)/t16-/m1/s1. The molecule has 0 unspecified atom stereocenters. The second kappa shape index (κ2) is 8.74. The summed E-state index contributed by atoms with van der Waals surface area (Å²) in [5, 5.41) is 2.76. The Morgan fingerprint density at radius 2 is 1.84 bits per heavy atom. The van der Waals surface area contributed by atoms with Crippen molar-refractivity contribution in [1.82, 2.24) is 9.29 Å². The molecule has 0 radical (unpaired) electrons. The number of carbonyl (C=O) groups excluding carboxylic acids is 2. The lowest BCUT2D eigenvalue weighted by Gasteiger charge is -2.26. The normalized spacial score (nSPS) is 20.1. The van der Waals surface area contributed by atoms with E-state index in [4.69, 9.17) is 4.74 Å². The second-order valence-electron chi connectivity index (χ2n) is 7.57. The molecule has 0 spiro atoms. The number of rotatable bonds is 5. The van der Waals surface area contributed by atoms with Gasteiger partial charge >= 0.3 is 0 Å². The fraction of sp³-hybridized carbons (Fsp3) is 0.381. The number of carbonyl (C=O) groups is 2. The van der Waals surface area contributed by atoms with Gasteiger partial charge in [0.25, 0.3) is 0 Å². The molecule has 31 heavy (non-hydrogen) atoms. The molecule has 0 aliphatic carbocycles. The minimum Gasteiger partial charge on any atom is -0.379 e. The van der Waals surface area contributed by atoms with E-state index in [-0.39, 0.29) is 29.7 Å². The number of anilines is 2. The maximum Gasteiger partial charge on any atom is 0.243 e. The van der Waals surface area contributed by atoms with Crippen molar-refractivity contribution >= 4 is 33.3 Å². The number of amides is 2. The Labute approximate surface area is 181 Å². The lowest BCUT2D eigenvalue weighted by Crippen LogP contribution is -2.40. The van der Waals surface area contributed by atoms with E-state index >= 15 is 0 Å². The van der Waals surface area contributed by atoms with Gasteiger partial charge in [-0.25, -0.2) is 13.4 Å². The van der Waals surface area contributed by atoms with Gasteiger partial charge in [0.15, 0.2) is 0 Å². The van der Waals surface area contributed by atoms with Gasteiger partial charge in [0, 0.05) is 37.4 Å². The monoisotopic (exact) mass is 444 g/mol. The Morgan fingerprint density at radius 1 is 1.13 bits per heavy atom. The predicted octanol–water partition coefficient (Wildman–Crippen LogP) is 1.40. The predicted molar refractivity (Wildman–Crippen MR) is 114 cm³/mol. The summed E-state index contributed by atoms with van der Waals surface area (Å²) in [5.41, 5.74) is 1.35. The van der Waals surface area contributed by atoms with E-state index in [1.807, 2.05) is 13.0 Å². The van der Waals surface area contributed by atoms with Crippen molar-refractivity contribution < 1.29 is 22.7 Å². The molecule has 9 nitrogen and oxygen atoms in total. The van der Waals surface area contributed by atoms with Crippen LogP contribution in [0.5, 0.6) is 0 Å². The highest BCUT2D eigenvalue weighted by molar-refractivity contribution is 7.89. The number of nitrogens with zero attached hydrogens (tertiary/aromatic N) is 3. The lowest BCUT2D eigenvalue weighted by molar-refractivity contribution is -0.122. The van der Waals surface area contributed by atoms with Crippen LogP contribution in [0.3, 0.4) is 0 Å². The van der Waals surface area contributed by atoms with E-state index in [1.165, 1.54) is 21.3 Å². The van der Waals surface area contributed by atoms with Crippen molar-refractivity contribution in [2.75, 3.05) is 43.1 Å². The molecule has 2 aromatic rings. The second-order valence-corrected chi connectivity index (χ2v) is 9.51. The van der Waals surface area contributed by atoms with Gasteiger partial charge in [-0.3, -0.25) is 9.59 Å². The highest BCUT2D eigenvalue weighted by Gasteiger charge is 2.35. The molecular weight excluding hydrogens is 420 g/mol. The molecule has 1 atom stereocenters. The smallest absolute Gasteiger partial charge is 0.243 e. The number of sulfonamides is 1. The molecule has 10 heteroatoms. The molecule has 2 aliphatic heterocycles. The number of morpholine rings is 1. The minimum atomic E-state index is -3.60. The zero-order valence-corrected chi connectivity index (χ0v) is 18.0. The summed E-state index contributed by atoms with van der Waals surface area (Å²) in [6.07, 6.45) is 0.0888. The van der Waals surface area contributed by atoms with Crippen LogP contribution in [-0.4, -0.2) is 62.4 Å². The first-order valence-electron chi connectivity index (χ1n) is 10.1. The largest absolute Gasteiger partial charge is 0.379 e. The summed E-state index contributed by atoms with van der Waals surface area (Å²) in [5.74, 6) is -0.498. The quantitative estimate of drug-likeness (QED) is 0.747. The Bertz CT molecular complexity index is 1080. The molecule has 2 amide bonds. The van der Waals surface area contributed by atoms with E-state index in [0.29, 0.717) is 37.8 Å². The molecule has 0 saturated carbocycles. The van der Waals surface area contributed by atoms with E-state index in [9.17, 15) is 18.0 Å². The Morgan fingerprint density at radius 3 is 2.52 bits per heavy atom. The average molecular weight is 445 g/mol. The number of aryl methyl sites for hydroxylation is 1. The fourth-order valence-corrected chi connectivity index (χ4v) is 5.12. The van der Waals surface area contributed by atoms with Gasteiger partial charge in [-0.2, -0.15) is 4.31 Å². The van der Waals surface area contributed by atoms with Crippen LogP contribution in [0, 0.1) is 12.8 Å². The van der Waals surface area contributed by atoms with Crippen LogP contribution in [0.1, 0.15) is 12.1 Å². The third-order valence-electron chi connectivity index (χ3n) is 5.39. The average Bonchev–Trinajstić information content (AvgIpc) is 3.16. The van der Waals surface area contributed by atoms with Gasteiger partial charge in [0.05, 0.1) is 24.0 Å². The maximum absolute atomic E-state index is 12.8. The number of nitrogens with one attached hydrogen (secondary N) is 1. The summed E-state index contributed by atoms with van der Waals surface area (Å²) < 4.78 is 32.1. The van der Waals surface area contributed by atoms with Crippen LogP contribution in [0.25, 0.3) is 0 Å². The molecule has 3 heterocycles. The Balaban J connectivity index is 1.44. The SMILES string of the molecule is Cc1cccc(NC(=O)[C@@H]2CC(=O)N(c3ccc(S(=O)(=O)N4CCOCC4)cc3)C2)n1. The molecule has 2 aliphatic rings. The highest BCUT2D eigenvalue weighted by Crippen LogP contribution is 2.28. The third kappa shape index (κ3) is 4.60. The van der Waals surface area contributed by atoms with Crippen molar-refractivity contribution in [3.8, 4) is 0 Å². The summed E-state index contributed by atoms with van der Waals surface area (Å²) >= 11 is 0. The molecule has 1 aromatic heterocycles. The number of pyridine rings is 1. The van der Waals surface area contributed by atoms with Gasteiger partial charge in [-0.1, -0.05) is 6.07 Å². The van der Waals surface area contributed by atoms with Crippen LogP contribution >= 0.6 is 0 Å². The topological polar surface area (TPSA) is 109 Å². The Hall–Kier alpha value is -2.82. The first-order valence-corrected chi connectivity index (χ1v) is 11.5. The van der Waals surface area contributed by atoms with Crippen molar-refractivity contribution in [2.24, 2.45) is 5.92 Å². The first kappa shape index (κ1) is 21.4. The zero-order valence-electron chi connectivity index (χ0n) is 17.2. The fourth-order valence-electron chi connectivity index (χ4n) is 3.71. The third-order valence-corrected chi connectivity index (χ3v) is 7.30. The zero-order chi connectivity index (χ0) is 22.0. The lowest BCUT2D eigenvalue weighted by atomic mass is 10.1. The molecule has 2 fully saturated rings. The number of aromatic nitrogens is 1. The molecule has 4 rings (SSSR count). The van der Waals surface area contributed by atoms with Gasteiger partial charge < -0.3 is 15.0 Å². The molecular formula is C21H24N4O5S. The van der Waals surface area contributed by atoms with E-state index in [1.54, 1.807) is 24.3 Å². The minimum absolute atomic E-state index is 0.0888. The van der Waals surface area contributed by atoms with Gasteiger partial charge in [0.2, 0.25) is 21.8 Å². The first-order chi connectivity index (χ1) is 14.8. The van der Waals surface area contributed by atoms with E-state index < -0.39 is 15.9 Å². The summed E-state index contributed by atoms with van der Waals surface area (Å²) in [4.78, 5) is 31.0. The number of hydrogen-bond donors (Lipinski definition) is 1. The van der Waals surface area contributed by atoms with Crippen LogP contribution in [-0.2, 0) is 24.3 Å². The van der Waals surface area contributed by atoms with E-state index in [2.05, 4.69) is 10.3 Å². The number of ether oxygens (including phenoxy) is 1. The number of benzene rings is 1. The van der Waals surface area contributed by atoms with Crippen molar-refractivity contribution in [2.45, 2.75) is 18.2 Å². The molecule has 2 saturated heterocycles. The maximum atomic E-state index is 12.8. The summed E-state index contributed by atoms with van der Waals surface area (Å²) in [6.45, 7) is 3.45. The Kier molecular flexibility index (Phi) is 6.03. The van der Waals surface area contributed by atoms with Crippen LogP contribution < -0.4 is 10.2 Å². The van der Waals surface area contributed by atoms with Gasteiger partial charge in [-0.15, -0.1) is 0 Å². The number of hydrogen-bond acceptors (Lipinski definition) is 6. The molecule has 164 valence electrons. The molecule has 0 bridgehead atoms. The van der Waals surface area contributed by atoms with Crippen molar-refractivity contribution in [1.29, 1.82) is 0 Å². The van der Waals surface area contributed by atoms with Gasteiger partial charge in [-0.05, 0) is 43.3 Å². The molecule has 1 aromatic carbocycles. The van der Waals surface area contributed by atoms with Crippen molar-refractivity contribution in [3.05, 3.63) is 48.2 Å². The van der Waals surface area contributed by atoms with Gasteiger partial charge in [0.1, 0.15) is 5.82 Å². The molecule has 1 N–H and O–H groups in total. The van der Waals surface area contributed by atoms with Crippen molar-refractivity contribution in [3.63, 3.8) is 0 Å². The van der Waals surface area contributed by atoms with Crippen LogP contribution in [0.15, 0.2) is 47.4 Å². The van der Waals surface area contributed by atoms with E-state index in [0.717, 1.165) is 5.69 Å². The van der Waals surface area contributed by atoms with Crippen LogP contribution in [0.4, 0.5) is 11.5 Å². The summed E-state index contributed by atoms with van der Waals surface area (Å²) in [6, 6.07) is 11.5. The highest BCUT2D eigenvalue weighted by atomic mass is 32.2. The van der Waals surface area contributed by atoms with Crippen LogP contribution in [0.2, 0.25) is 0 Å². The summed E-state index contributed by atoms with van der Waals surface area (Å²) in [7, 11) is -3.60.